The van der Waals surface area contributed by atoms with Gasteiger partial charge in [0.15, 0.2) is 0 Å². The zero-order valence-electron chi connectivity index (χ0n) is 17.7. The van der Waals surface area contributed by atoms with Gasteiger partial charge in [-0.05, 0) is 32.1 Å². The lowest BCUT2D eigenvalue weighted by atomic mass is 10.0. The van der Waals surface area contributed by atoms with Crippen molar-refractivity contribution >= 4 is 5.97 Å². The van der Waals surface area contributed by atoms with E-state index in [-0.39, 0.29) is 0 Å². The van der Waals surface area contributed by atoms with Crippen molar-refractivity contribution in [1.82, 2.24) is 0 Å². The summed E-state index contributed by atoms with van der Waals surface area (Å²) in [5.74, 6) is -0.674. The first-order valence-corrected chi connectivity index (χ1v) is 11.6. The first-order valence-electron chi connectivity index (χ1n) is 11.6. The molecule has 0 fully saturated rings. The van der Waals surface area contributed by atoms with E-state index in [9.17, 15) is 4.79 Å². The fraction of sp³-hybridized carbons (Fsp3) is 0.875. The maximum Gasteiger partial charge on any atom is 0.303 e. The smallest absolute Gasteiger partial charge is 0.303 e. The molecule has 0 bridgehead atoms. The number of allylic oxidation sites excluding steroid dienone is 2. The summed E-state index contributed by atoms with van der Waals surface area (Å²) in [6.07, 6.45) is 30.1. The van der Waals surface area contributed by atoms with Crippen LogP contribution in [0.4, 0.5) is 0 Å². The zero-order valence-corrected chi connectivity index (χ0v) is 17.7. The summed E-state index contributed by atoms with van der Waals surface area (Å²) in [6.45, 7) is 2.28. The number of carboxylic acid groups (broad SMARTS) is 1. The van der Waals surface area contributed by atoms with Gasteiger partial charge >= 0.3 is 5.97 Å². The molecule has 0 aliphatic rings. The van der Waals surface area contributed by atoms with Crippen molar-refractivity contribution in [3.63, 3.8) is 0 Å². The third-order valence-corrected chi connectivity index (χ3v) is 5.15. The maximum atomic E-state index is 10.4. The van der Waals surface area contributed by atoms with Crippen LogP contribution in [-0.4, -0.2) is 11.1 Å². The molecule has 0 aromatic rings. The number of aliphatic carboxylic acids is 1. The van der Waals surface area contributed by atoms with Gasteiger partial charge in [0.1, 0.15) is 0 Å². The Morgan fingerprint density at radius 1 is 0.577 bits per heavy atom. The molecule has 154 valence electrons. The third-order valence-electron chi connectivity index (χ3n) is 5.15. The molecule has 0 aliphatic carbocycles. The molecule has 0 radical (unpaired) electrons. The number of carboxylic acids is 1. The van der Waals surface area contributed by atoms with Gasteiger partial charge in [0.2, 0.25) is 0 Å². The Morgan fingerprint density at radius 2 is 0.923 bits per heavy atom. The predicted octanol–water partition coefficient (Wildman–Crippen LogP) is 8.45. The highest BCUT2D eigenvalue weighted by Crippen LogP contribution is 2.13. The van der Waals surface area contributed by atoms with Crippen LogP contribution in [0.5, 0.6) is 0 Å². The molecule has 1 N–H and O–H groups in total. The monoisotopic (exact) mass is 366 g/mol. The fourth-order valence-corrected chi connectivity index (χ4v) is 3.41. The van der Waals surface area contributed by atoms with Crippen molar-refractivity contribution < 1.29 is 9.90 Å². The molecule has 0 aliphatic heterocycles. The van der Waals surface area contributed by atoms with Crippen molar-refractivity contribution in [2.24, 2.45) is 0 Å². The lowest BCUT2D eigenvalue weighted by Crippen LogP contribution is -1.92. The Kier molecular flexibility index (Phi) is 21.6. The molecular formula is C24H46O2. The van der Waals surface area contributed by atoms with Gasteiger partial charge in [-0.2, -0.15) is 0 Å². The average molecular weight is 367 g/mol. The van der Waals surface area contributed by atoms with E-state index in [4.69, 9.17) is 5.11 Å². The average Bonchev–Trinajstić information content (AvgIpc) is 2.62. The molecule has 2 nitrogen and oxygen atoms in total. The second-order valence-corrected chi connectivity index (χ2v) is 7.85. The molecule has 0 atom stereocenters. The number of rotatable bonds is 21. The van der Waals surface area contributed by atoms with Crippen LogP contribution in [0.1, 0.15) is 135 Å². The molecule has 26 heavy (non-hydrogen) atoms. The van der Waals surface area contributed by atoms with Gasteiger partial charge < -0.3 is 5.11 Å². The molecular weight excluding hydrogens is 320 g/mol. The summed E-state index contributed by atoms with van der Waals surface area (Å²) in [7, 11) is 0. The van der Waals surface area contributed by atoms with Crippen LogP contribution < -0.4 is 0 Å². The fourth-order valence-electron chi connectivity index (χ4n) is 3.41. The summed E-state index contributed by atoms with van der Waals surface area (Å²) in [4.78, 5) is 10.4. The second-order valence-electron chi connectivity index (χ2n) is 7.85. The van der Waals surface area contributed by atoms with Crippen LogP contribution in [0.15, 0.2) is 12.2 Å². The summed E-state index contributed by atoms with van der Waals surface area (Å²) >= 11 is 0. The minimum absolute atomic E-state index is 0.312. The Bertz CT molecular complexity index is 309. The molecule has 2 heteroatoms. The predicted molar refractivity (Wildman–Crippen MR) is 115 cm³/mol. The van der Waals surface area contributed by atoms with Crippen LogP contribution in [0.25, 0.3) is 0 Å². The number of hydrogen-bond acceptors (Lipinski definition) is 1. The Labute approximate surface area is 163 Å². The quantitative estimate of drug-likeness (QED) is 0.163. The molecule has 0 rings (SSSR count). The first kappa shape index (κ1) is 25.2. The van der Waals surface area contributed by atoms with Gasteiger partial charge in [-0.3, -0.25) is 4.79 Å². The summed E-state index contributed by atoms with van der Waals surface area (Å²) in [6, 6.07) is 0. The van der Waals surface area contributed by atoms with Crippen LogP contribution in [0.2, 0.25) is 0 Å². The number of hydrogen-bond donors (Lipinski definition) is 1. The lowest BCUT2D eigenvalue weighted by Gasteiger charge is -2.03. The van der Waals surface area contributed by atoms with Crippen molar-refractivity contribution in [1.29, 1.82) is 0 Å². The van der Waals surface area contributed by atoms with E-state index in [0.717, 1.165) is 19.3 Å². The normalized spacial score (nSPS) is 11.4. The standard InChI is InChI=1S/C24H46O2/c1-2-3-4-5-6-7-8-9-10-11-12-13-14-15-16-17-18-19-20-21-22-23-24(25)26/h18-19H,2-17,20-23H2,1H3,(H,25,26)/b19-18+. The van der Waals surface area contributed by atoms with E-state index in [2.05, 4.69) is 19.1 Å². The molecule has 0 aromatic heterocycles. The molecule has 0 saturated carbocycles. The van der Waals surface area contributed by atoms with Crippen LogP contribution in [0, 0.1) is 0 Å². The number of unbranched alkanes of at least 4 members (excludes halogenated alkanes) is 17. The van der Waals surface area contributed by atoms with E-state index in [1.807, 2.05) is 0 Å². The van der Waals surface area contributed by atoms with Crippen molar-refractivity contribution in [3.8, 4) is 0 Å². The lowest BCUT2D eigenvalue weighted by molar-refractivity contribution is -0.137. The SMILES string of the molecule is CCCCCCCCCCCCCCCCC/C=C/CCCCC(=O)O. The van der Waals surface area contributed by atoms with E-state index < -0.39 is 5.97 Å². The Hall–Kier alpha value is -0.790. The molecule has 0 spiro atoms. The topological polar surface area (TPSA) is 37.3 Å². The molecule has 0 saturated heterocycles. The molecule has 0 amide bonds. The highest BCUT2D eigenvalue weighted by molar-refractivity contribution is 5.66. The second kappa shape index (κ2) is 22.3. The molecule has 0 aromatic carbocycles. The van der Waals surface area contributed by atoms with Crippen LogP contribution >= 0.6 is 0 Å². The van der Waals surface area contributed by atoms with Gasteiger partial charge in [0.05, 0.1) is 0 Å². The summed E-state index contributed by atoms with van der Waals surface area (Å²) in [5, 5.41) is 8.55. The third kappa shape index (κ3) is 23.2. The van der Waals surface area contributed by atoms with Gasteiger partial charge in [0, 0.05) is 6.42 Å². The highest BCUT2D eigenvalue weighted by atomic mass is 16.4. The van der Waals surface area contributed by atoms with E-state index >= 15 is 0 Å². The molecule has 0 heterocycles. The Morgan fingerprint density at radius 3 is 1.31 bits per heavy atom. The first-order chi connectivity index (χ1) is 12.8. The van der Waals surface area contributed by atoms with Gasteiger partial charge in [-0.25, -0.2) is 0 Å². The maximum absolute atomic E-state index is 10.4. The zero-order chi connectivity index (χ0) is 19.1. The summed E-state index contributed by atoms with van der Waals surface area (Å²) < 4.78 is 0. The molecule has 0 unspecified atom stereocenters. The van der Waals surface area contributed by atoms with Gasteiger partial charge in [-0.1, -0.05) is 109 Å². The van der Waals surface area contributed by atoms with Gasteiger partial charge in [0.25, 0.3) is 0 Å². The van der Waals surface area contributed by atoms with Gasteiger partial charge in [-0.15, -0.1) is 0 Å². The van der Waals surface area contributed by atoms with E-state index in [1.165, 1.54) is 103 Å². The minimum Gasteiger partial charge on any atom is -0.481 e. The largest absolute Gasteiger partial charge is 0.481 e. The van der Waals surface area contributed by atoms with E-state index in [1.54, 1.807) is 0 Å². The van der Waals surface area contributed by atoms with Crippen molar-refractivity contribution in [2.45, 2.75) is 135 Å². The van der Waals surface area contributed by atoms with E-state index in [0.29, 0.717) is 6.42 Å². The highest BCUT2D eigenvalue weighted by Gasteiger charge is 1.95. The van der Waals surface area contributed by atoms with Crippen molar-refractivity contribution in [3.05, 3.63) is 12.2 Å². The Balaban J connectivity index is 3.05. The van der Waals surface area contributed by atoms with Crippen molar-refractivity contribution in [2.75, 3.05) is 0 Å². The summed E-state index contributed by atoms with van der Waals surface area (Å²) in [5.41, 5.74) is 0. The number of carbonyl (C=O) groups is 1. The van der Waals surface area contributed by atoms with Crippen LogP contribution in [-0.2, 0) is 4.79 Å². The minimum atomic E-state index is -0.674. The van der Waals surface area contributed by atoms with Crippen LogP contribution in [0.3, 0.4) is 0 Å².